The van der Waals surface area contributed by atoms with Gasteiger partial charge in [0, 0.05) is 0 Å². The molecule has 0 aliphatic carbocycles. The molecule has 0 aliphatic rings. The fraction of sp³-hybridized carbons (Fsp3) is 0. The Labute approximate surface area is 91.7 Å². The van der Waals surface area contributed by atoms with Gasteiger partial charge in [0.1, 0.15) is 5.75 Å². The molecular weight excluding hydrogens is 210 g/mol. The number of carbonyl (C=O) groups is 2. The van der Waals surface area contributed by atoms with E-state index in [1.807, 2.05) is 0 Å². The van der Waals surface area contributed by atoms with Crippen molar-refractivity contribution in [1.29, 1.82) is 0 Å². The molecule has 1 rings (SSSR count). The Hall–Kier alpha value is -2.50. The van der Waals surface area contributed by atoms with Crippen LogP contribution in [0.2, 0.25) is 0 Å². The molecule has 0 spiro atoms. The van der Waals surface area contributed by atoms with Gasteiger partial charge in [0.05, 0.1) is 5.70 Å². The van der Waals surface area contributed by atoms with Crippen molar-refractivity contribution < 1.29 is 14.7 Å². The van der Waals surface area contributed by atoms with Gasteiger partial charge in [0.2, 0.25) is 0 Å². The van der Waals surface area contributed by atoms with Crippen LogP contribution in [0.3, 0.4) is 0 Å². The first kappa shape index (κ1) is 11.6. The second-order valence-corrected chi connectivity index (χ2v) is 2.97. The first-order valence-electron chi connectivity index (χ1n) is 4.35. The molecule has 16 heavy (non-hydrogen) atoms. The van der Waals surface area contributed by atoms with E-state index in [-0.39, 0.29) is 5.75 Å². The molecule has 1 aromatic rings. The van der Waals surface area contributed by atoms with E-state index in [0.29, 0.717) is 11.3 Å². The summed E-state index contributed by atoms with van der Waals surface area (Å²) in [7, 11) is 0. The number of hydrogen-bond donors (Lipinski definition) is 4. The maximum Gasteiger partial charge on any atom is 0.327 e. The third kappa shape index (κ3) is 3.02. The van der Waals surface area contributed by atoms with Gasteiger partial charge in [-0.15, -0.1) is 0 Å². The van der Waals surface area contributed by atoms with Crippen LogP contribution in [0.15, 0.2) is 30.8 Å². The molecule has 6 heteroatoms. The van der Waals surface area contributed by atoms with Crippen LogP contribution < -0.4 is 16.6 Å². The first-order chi connectivity index (χ1) is 7.50. The van der Waals surface area contributed by atoms with Crippen molar-refractivity contribution in [2.45, 2.75) is 0 Å². The Kier molecular flexibility index (Phi) is 3.49. The van der Waals surface area contributed by atoms with Crippen LogP contribution in [-0.2, 0) is 9.59 Å². The molecular formula is C10H11N3O3. The second kappa shape index (κ2) is 4.83. The summed E-state index contributed by atoms with van der Waals surface area (Å²) in [6.07, 6.45) is 0. The fourth-order valence-electron chi connectivity index (χ4n) is 0.929. The van der Waals surface area contributed by atoms with Crippen LogP contribution in [-0.4, -0.2) is 16.9 Å². The zero-order chi connectivity index (χ0) is 12.1. The lowest BCUT2D eigenvalue weighted by Gasteiger charge is -2.09. The van der Waals surface area contributed by atoms with Gasteiger partial charge in [-0.05, 0) is 29.8 Å². The van der Waals surface area contributed by atoms with E-state index in [2.05, 4.69) is 17.4 Å². The lowest BCUT2D eigenvalue weighted by molar-refractivity contribution is -0.137. The Bertz CT molecular complexity index is 425. The number of carbonyl (C=O) groups excluding carboxylic acids is 2. The zero-order valence-electron chi connectivity index (χ0n) is 8.36. The van der Waals surface area contributed by atoms with E-state index >= 15 is 0 Å². The van der Waals surface area contributed by atoms with Gasteiger partial charge in [-0.25, -0.2) is 0 Å². The maximum atomic E-state index is 10.8. The highest BCUT2D eigenvalue weighted by Gasteiger charge is 2.07. The number of benzene rings is 1. The third-order valence-corrected chi connectivity index (χ3v) is 1.77. The fourth-order valence-corrected chi connectivity index (χ4v) is 0.929. The second-order valence-electron chi connectivity index (χ2n) is 2.97. The lowest BCUT2D eigenvalue weighted by atomic mass is 10.2. The van der Waals surface area contributed by atoms with E-state index < -0.39 is 11.8 Å². The minimum atomic E-state index is -1.09. The summed E-state index contributed by atoms with van der Waals surface area (Å²) in [5.74, 6) is -1.93. The topological polar surface area (TPSA) is 104 Å². The normalized spacial score (nSPS) is 9.25. The van der Waals surface area contributed by atoms with Crippen molar-refractivity contribution in [2.24, 2.45) is 5.73 Å². The number of primary amides is 1. The van der Waals surface area contributed by atoms with E-state index in [9.17, 15) is 9.59 Å². The molecule has 0 fully saturated rings. The molecule has 6 nitrogen and oxygen atoms in total. The van der Waals surface area contributed by atoms with E-state index in [0.717, 1.165) is 0 Å². The first-order valence-corrected chi connectivity index (χ1v) is 4.35. The summed E-state index contributed by atoms with van der Waals surface area (Å²) < 4.78 is 0. The average Bonchev–Trinajstić information content (AvgIpc) is 2.26. The maximum absolute atomic E-state index is 10.8. The number of hydrogen-bond acceptors (Lipinski definition) is 4. The molecule has 0 unspecified atom stereocenters. The SMILES string of the molecule is C=C(NNC(=O)C(N)=O)c1ccc(O)cc1. The quantitative estimate of drug-likeness (QED) is 0.406. The van der Waals surface area contributed by atoms with Crippen molar-refractivity contribution in [3.63, 3.8) is 0 Å². The van der Waals surface area contributed by atoms with E-state index in [4.69, 9.17) is 10.8 Å². The molecule has 2 amide bonds. The largest absolute Gasteiger partial charge is 0.508 e. The van der Waals surface area contributed by atoms with Crippen molar-refractivity contribution in [3.8, 4) is 5.75 Å². The van der Waals surface area contributed by atoms with E-state index in [1.54, 1.807) is 12.1 Å². The van der Waals surface area contributed by atoms with E-state index in [1.165, 1.54) is 12.1 Å². The predicted molar refractivity (Wildman–Crippen MR) is 57.6 cm³/mol. The minimum absolute atomic E-state index is 0.123. The van der Waals surface area contributed by atoms with Gasteiger partial charge in [-0.2, -0.15) is 0 Å². The highest BCUT2D eigenvalue weighted by molar-refractivity contribution is 6.34. The summed E-state index contributed by atoms with van der Waals surface area (Å²) in [6, 6.07) is 6.14. The van der Waals surface area contributed by atoms with Crippen molar-refractivity contribution in [1.82, 2.24) is 10.9 Å². The van der Waals surface area contributed by atoms with Crippen molar-refractivity contribution in [2.75, 3.05) is 0 Å². The van der Waals surface area contributed by atoms with Crippen LogP contribution in [0, 0.1) is 0 Å². The number of amides is 2. The van der Waals surface area contributed by atoms with Crippen molar-refractivity contribution >= 4 is 17.5 Å². The highest BCUT2D eigenvalue weighted by atomic mass is 16.3. The Morgan fingerprint density at radius 1 is 1.19 bits per heavy atom. The molecule has 5 N–H and O–H groups in total. The number of phenolic OH excluding ortho intramolecular Hbond substituents is 1. The molecule has 0 radical (unpaired) electrons. The summed E-state index contributed by atoms with van der Waals surface area (Å²) in [5, 5.41) is 9.05. The van der Waals surface area contributed by atoms with Crippen LogP contribution in [0.1, 0.15) is 5.56 Å². The van der Waals surface area contributed by atoms with Gasteiger partial charge < -0.3 is 10.8 Å². The number of rotatable bonds is 3. The van der Waals surface area contributed by atoms with Gasteiger partial charge in [0.15, 0.2) is 0 Å². The summed E-state index contributed by atoms with van der Waals surface area (Å²) in [4.78, 5) is 21.2. The molecule has 0 saturated heterocycles. The molecule has 0 heterocycles. The molecule has 0 bridgehead atoms. The molecule has 84 valence electrons. The standard InChI is InChI=1S/C10H11N3O3/c1-6(12-13-10(16)9(11)15)7-2-4-8(14)5-3-7/h2-5,12,14H,1H2,(H2,11,15)(H,13,16). The van der Waals surface area contributed by atoms with Crippen LogP contribution in [0.5, 0.6) is 5.75 Å². The summed E-state index contributed by atoms with van der Waals surface area (Å²) >= 11 is 0. The molecule has 1 aromatic carbocycles. The minimum Gasteiger partial charge on any atom is -0.508 e. The molecule has 0 atom stereocenters. The summed E-state index contributed by atoms with van der Waals surface area (Å²) in [6.45, 7) is 3.63. The van der Waals surface area contributed by atoms with Crippen molar-refractivity contribution in [3.05, 3.63) is 36.4 Å². The van der Waals surface area contributed by atoms with Crippen LogP contribution in [0.25, 0.3) is 5.70 Å². The molecule has 0 aromatic heterocycles. The van der Waals surface area contributed by atoms with Gasteiger partial charge in [-0.3, -0.25) is 20.4 Å². The Morgan fingerprint density at radius 3 is 2.25 bits per heavy atom. The Morgan fingerprint density at radius 2 is 1.75 bits per heavy atom. The number of aromatic hydroxyl groups is 1. The predicted octanol–water partition coefficient (Wildman–Crippen LogP) is -0.531. The average molecular weight is 221 g/mol. The third-order valence-electron chi connectivity index (χ3n) is 1.77. The molecule has 0 saturated carbocycles. The van der Waals surface area contributed by atoms with Gasteiger partial charge >= 0.3 is 11.8 Å². The van der Waals surface area contributed by atoms with Gasteiger partial charge in [-0.1, -0.05) is 6.58 Å². The zero-order valence-corrected chi connectivity index (χ0v) is 8.36. The smallest absolute Gasteiger partial charge is 0.327 e. The number of hydrazine groups is 1. The van der Waals surface area contributed by atoms with Gasteiger partial charge in [0.25, 0.3) is 0 Å². The van der Waals surface area contributed by atoms with Crippen LogP contribution >= 0.6 is 0 Å². The number of phenols is 1. The highest BCUT2D eigenvalue weighted by Crippen LogP contribution is 2.13. The molecule has 0 aliphatic heterocycles. The lowest BCUT2D eigenvalue weighted by Crippen LogP contribution is -2.43. The van der Waals surface area contributed by atoms with Crippen LogP contribution in [0.4, 0.5) is 0 Å². The summed E-state index contributed by atoms with van der Waals surface area (Å²) in [5.41, 5.74) is 10.2. The Balaban J connectivity index is 2.56. The number of nitrogens with two attached hydrogens (primary N) is 1. The monoisotopic (exact) mass is 221 g/mol. The number of nitrogens with one attached hydrogen (secondary N) is 2.